The molecule has 7 rings (SSSR count). The zero-order valence-corrected chi connectivity index (χ0v) is 32.7. The molecule has 4 aliphatic rings. The van der Waals surface area contributed by atoms with Crippen molar-refractivity contribution in [2.75, 3.05) is 27.3 Å². The van der Waals surface area contributed by atoms with Crippen LogP contribution in [0.15, 0.2) is 59.1 Å². The number of methoxy groups -OCH3 is 2. The van der Waals surface area contributed by atoms with Crippen LogP contribution < -0.4 is 16.0 Å². The van der Waals surface area contributed by atoms with Crippen molar-refractivity contribution in [1.29, 1.82) is 0 Å². The van der Waals surface area contributed by atoms with Crippen LogP contribution >= 0.6 is 0 Å². The van der Waals surface area contributed by atoms with Crippen molar-refractivity contribution in [2.24, 2.45) is 16.8 Å². The lowest BCUT2D eigenvalue weighted by Gasteiger charge is -2.31. The fraction of sp³-hybridized carbons (Fsp3) is 0.476. The van der Waals surface area contributed by atoms with Crippen molar-refractivity contribution in [3.63, 3.8) is 0 Å². The van der Waals surface area contributed by atoms with E-state index < -0.39 is 24.3 Å². The average molecular weight is 763 g/mol. The maximum atomic E-state index is 13.7. The molecule has 1 aliphatic carbocycles. The number of nitrogens with one attached hydrogen (secondary N) is 4. The van der Waals surface area contributed by atoms with E-state index in [0.717, 1.165) is 70.3 Å². The van der Waals surface area contributed by atoms with Crippen LogP contribution in [0.3, 0.4) is 0 Å². The van der Waals surface area contributed by atoms with Crippen LogP contribution in [-0.2, 0) is 19.1 Å². The van der Waals surface area contributed by atoms with Gasteiger partial charge in [0.15, 0.2) is 0 Å². The van der Waals surface area contributed by atoms with Gasteiger partial charge in [-0.2, -0.15) is 0 Å². The molecule has 0 spiro atoms. The summed E-state index contributed by atoms with van der Waals surface area (Å²) in [6, 6.07) is 8.19. The molecule has 56 heavy (non-hydrogen) atoms. The molecule has 2 saturated heterocycles. The Morgan fingerprint density at radius 2 is 1.50 bits per heavy atom. The standard InChI is InChI=1S/C42H50N8O6/c1-23(2)34(47-41(53)55-5)39(51)49-19-7-9-32(49)37-43-29-17-14-26(22-31(29)45-37)12-11-25-13-16-28-27(21-25)15-18-30-36(28)46-38(44-30)33-10-8-20-50(33)40(52)35(24(3)4)48-42(54)56-6/h13-18,21-24,29,31-35H,7-10,19-20H2,1-6H3,(H,43,45)(H,44,46)(H,47,53)(H,48,54)/t29?,31?,32?,33?,34-,35-/m0/s1. The van der Waals surface area contributed by atoms with E-state index in [0.29, 0.717) is 13.1 Å². The summed E-state index contributed by atoms with van der Waals surface area (Å²) < 4.78 is 9.54. The third-order valence-electron chi connectivity index (χ3n) is 11.1. The third-order valence-corrected chi connectivity index (χ3v) is 11.1. The van der Waals surface area contributed by atoms with Gasteiger partial charge >= 0.3 is 12.2 Å². The lowest BCUT2D eigenvalue weighted by atomic mass is 9.99. The Kier molecular flexibility index (Phi) is 11.0. The Labute approximate surface area is 326 Å². The number of fused-ring (bicyclic) bond motifs is 4. The molecular formula is C42H50N8O6. The van der Waals surface area contributed by atoms with E-state index in [2.05, 4.69) is 57.1 Å². The Morgan fingerprint density at radius 1 is 0.857 bits per heavy atom. The number of alkyl carbamates (subject to hydrolysis) is 2. The lowest BCUT2D eigenvalue weighted by molar-refractivity contribution is -0.135. The summed E-state index contributed by atoms with van der Waals surface area (Å²) in [6.07, 6.45) is 8.15. The van der Waals surface area contributed by atoms with Gasteiger partial charge in [0, 0.05) is 29.6 Å². The van der Waals surface area contributed by atoms with E-state index in [1.807, 2.05) is 61.8 Å². The molecule has 3 aliphatic heterocycles. The number of benzene rings is 2. The van der Waals surface area contributed by atoms with Gasteiger partial charge in [0.05, 0.1) is 49.4 Å². The highest BCUT2D eigenvalue weighted by Crippen LogP contribution is 2.34. The van der Waals surface area contributed by atoms with Crippen molar-refractivity contribution in [1.82, 2.24) is 35.7 Å². The minimum atomic E-state index is -0.698. The summed E-state index contributed by atoms with van der Waals surface area (Å²) in [5.41, 5.74) is 3.46. The van der Waals surface area contributed by atoms with Crippen LogP contribution in [-0.4, -0.2) is 107 Å². The second kappa shape index (κ2) is 16.1. The molecule has 0 bridgehead atoms. The number of H-pyrrole nitrogens is 1. The quantitative estimate of drug-likeness (QED) is 0.239. The zero-order valence-electron chi connectivity index (χ0n) is 32.7. The van der Waals surface area contributed by atoms with Gasteiger partial charge in [-0.15, -0.1) is 0 Å². The molecule has 294 valence electrons. The van der Waals surface area contributed by atoms with Gasteiger partial charge in [0.25, 0.3) is 0 Å². The van der Waals surface area contributed by atoms with E-state index in [9.17, 15) is 19.2 Å². The summed E-state index contributed by atoms with van der Waals surface area (Å²) in [4.78, 5) is 68.3. The van der Waals surface area contributed by atoms with Crippen molar-refractivity contribution >= 4 is 51.6 Å². The monoisotopic (exact) mass is 762 g/mol. The molecule has 14 heteroatoms. The number of nitrogens with zero attached hydrogens (tertiary/aromatic N) is 4. The van der Waals surface area contributed by atoms with Crippen LogP contribution in [0.2, 0.25) is 0 Å². The van der Waals surface area contributed by atoms with Crippen molar-refractivity contribution in [2.45, 2.75) is 89.6 Å². The number of carbonyl (C=O) groups is 4. The number of hydrogen-bond acceptors (Lipinski definition) is 9. The second-order valence-electron chi connectivity index (χ2n) is 15.5. The predicted molar refractivity (Wildman–Crippen MR) is 213 cm³/mol. The molecule has 4 N–H and O–H groups in total. The molecule has 14 nitrogen and oxygen atoms in total. The minimum Gasteiger partial charge on any atom is -0.453 e. The number of hydrogen-bond donors (Lipinski definition) is 4. The normalized spacial score (nSPS) is 22.6. The first kappa shape index (κ1) is 38.4. The van der Waals surface area contributed by atoms with Gasteiger partial charge in [-0.3, -0.25) is 14.6 Å². The van der Waals surface area contributed by atoms with Gasteiger partial charge in [-0.25, -0.2) is 14.6 Å². The van der Waals surface area contributed by atoms with E-state index >= 15 is 0 Å². The van der Waals surface area contributed by atoms with Crippen LogP contribution in [0.25, 0.3) is 21.8 Å². The third kappa shape index (κ3) is 7.67. The first-order chi connectivity index (χ1) is 26.9. The number of amides is 4. The molecule has 2 aromatic carbocycles. The molecular weight excluding hydrogens is 713 g/mol. The Bertz CT molecular complexity index is 2190. The molecule has 4 amide bonds. The summed E-state index contributed by atoms with van der Waals surface area (Å²) in [5, 5.41) is 11.0. The molecule has 1 aromatic heterocycles. The molecule has 2 fully saturated rings. The van der Waals surface area contributed by atoms with E-state index in [4.69, 9.17) is 19.5 Å². The SMILES string of the molecule is COC(=O)N[C@H](C(=O)N1CCCC1C1=NC2C=CC(C#Cc3ccc4c(ccc5[nH]c(C6CCCN6C(=O)[C@@H](NC(=O)OC)C(C)C)nc54)c3)=CC2N1)C(C)C. The Balaban J connectivity index is 1.04. The number of ether oxygens (including phenoxy) is 2. The van der Waals surface area contributed by atoms with Gasteiger partial charge < -0.3 is 40.2 Å². The van der Waals surface area contributed by atoms with Gasteiger partial charge in [-0.1, -0.05) is 57.7 Å². The fourth-order valence-corrected chi connectivity index (χ4v) is 8.14. The van der Waals surface area contributed by atoms with Gasteiger partial charge in [0.1, 0.15) is 23.7 Å². The van der Waals surface area contributed by atoms with Crippen molar-refractivity contribution < 1.29 is 28.7 Å². The summed E-state index contributed by atoms with van der Waals surface area (Å²) in [5.74, 6) is 7.68. The predicted octanol–water partition coefficient (Wildman–Crippen LogP) is 4.72. The van der Waals surface area contributed by atoms with Crippen LogP contribution in [0.4, 0.5) is 9.59 Å². The number of rotatable bonds is 8. The Morgan fingerprint density at radius 3 is 2.14 bits per heavy atom. The van der Waals surface area contributed by atoms with Crippen LogP contribution in [0, 0.1) is 23.7 Å². The average Bonchev–Trinajstić information content (AvgIpc) is 4.02. The zero-order chi connectivity index (χ0) is 39.7. The number of carbonyl (C=O) groups excluding carboxylic acids is 4. The minimum absolute atomic E-state index is 0.0730. The number of amidine groups is 1. The summed E-state index contributed by atoms with van der Waals surface area (Å²) in [7, 11) is 2.58. The summed E-state index contributed by atoms with van der Waals surface area (Å²) in [6.45, 7) is 8.80. The molecule has 6 atom stereocenters. The van der Waals surface area contributed by atoms with E-state index in [-0.39, 0.29) is 47.8 Å². The highest BCUT2D eigenvalue weighted by atomic mass is 16.5. The number of allylic oxidation sites excluding steroid dienone is 2. The smallest absolute Gasteiger partial charge is 0.407 e. The van der Waals surface area contributed by atoms with Crippen LogP contribution in [0.1, 0.15) is 70.8 Å². The van der Waals surface area contributed by atoms with E-state index in [1.165, 1.54) is 14.2 Å². The number of aromatic nitrogens is 2. The molecule has 0 saturated carbocycles. The van der Waals surface area contributed by atoms with Gasteiger partial charge in [-0.05, 0) is 73.3 Å². The maximum absolute atomic E-state index is 13.7. The molecule has 3 aromatic rings. The number of likely N-dealkylation sites (tertiary alicyclic amines) is 2. The van der Waals surface area contributed by atoms with Crippen molar-refractivity contribution in [3.05, 3.63) is 65.5 Å². The first-order valence-electron chi connectivity index (χ1n) is 19.4. The fourth-order valence-electron chi connectivity index (χ4n) is 8.14. The number of imidazole rings is 1. The highest BCUT2D eigenvalue weighted by molar-refractivity contribution is 6.04. The molecule has 4 heterocycles. The summed E-state index contributed by atoms with van der Waals surface area (Å²) >= 11 is 0. The van der Waals surface area contributed by atoms with E-state index in [1.54, 1.807) is 0 Å². The van der Waals surface area contributed by atoms with Crippen LogP contribution in [0.5, 0.6) is 0 Å². The number of aliphatic imine (C=N–C) groups is 1. The van der Waals surface area contributed by atoms with Gasteiger partial charge in [0.2, 0.25) is 11.8 Å². The largest absolute Gasteiger partial charge is 0.453 e. The number of aromatic amines is 1. The molecule has 4 unspecified atom stereocenters. The molecule has 0 radical (unpaired) electrons. The lowest BCUT2D eigenvalue weighted by Crippen LogP contribution is -2.55. The topological polar surface area (TPSA) is 170 Å². The van der Waals surface area contributed by atoms with Crippen molar-refractivity contribution in [3.8, 4) is 11.8 Å². The Hall–Kier alpha value is -5.84. The second-order valence-corrected chi connectivity index (χ2v) is 15.5. The highest BCUT2D eigenvalue weighted by Gasteiger charge is 2.41. The first-order valence-corrected chi connectivity index (χ1v) is 19.4. The maximum Gasteiger partial charge on any atom is 0.407 e.